The Hall–Kier alpha value is -1.70. The molecule has 4 N–H and O–H groups in total. The Morgan fingerprint density at radius 1 is 1.53 bits per heavy atom. The van der Waals surface area contributed by atoms with Crippen molar-refractivity contribution in [2.45, 2.75) is 32.7 Å². The number of carboxylic acids is 1. The first-order valence-electron chi connectivity index (χ1n) is 5.71. The number of nitrogens with one attached hydrogen (secondary N) is 1. The van der Waals surface area contributed by atoms with Gasteiger partial charge in [-0.1, -0.05) is 0 Å². The number of rotatable bonds is 6. The Labute approximate surface area is 109 Å². The van der Waals surface area contributed by atoms with Crippen molar-refractivity contribution in [3.05, 3.63) is 22.5 Å². The Bertz CT molecular complexity index is 495. The van der Waals surface area contributed by atoms with Gasteiger partial charge in [-0.15, -0.1) is 0 Å². The lowest BCUT2D eigenvalue weighted by Crippen LogP contribution is -2.47. The number of aromatic amines is 1. The van der Waals surface area contributed by atoms with Gasteiger partial charge in [0, 0.05) is 17.9 Å². The molecule has 0 bridgehead atoms. The lowest BCUT2D eigenvalue weighted by atomic mass is 9.96. The van der Waals surface area contributed by atoms with Crippen LogP contribution in [0.5, 0.6) is 0 Å². The van der Waals surface area contributed by atoms with Crippen LogP contribution in [0.3, 0.4) is 0 Å². The highest BCUT2D eigenvalue weighted by Crippen LogP contribution is 2.33. The number of aldehydes is 1. The summed E-state index contributed by atoms with van der Waals surface area (Å²) in [5.74, 6) is -4.03. The monoisotopic (exact) mass is 271 g/mol. The molecule has 0 aliphatic heterocycles. The molecule has 0 saturated carbocycles. The Morgan fingerprint density at radius 3 is 2.47 bits per heavy atom. The molecule has 0 aliphatic rings. The van der Waals surface area contributed by atoms with Gasteiger partial charge in [0.2, 0.25) is 11.9 Å². The van der Waals surface area contributed by atoms with Gasteiger partial charge in [0.05, 0.1) is 5.69 Å². The maximum Gasteiger partial charge on any atom is 0.338 e. The van der Waals surface area contributed by atoms with Crippen LogP contribution in [0.1, 0.15) is 34.2 Å². The van der Waals surface area contributed by atoms with Crippen LogP contribution in [0.2, 0.25) is 0 Å². The molecule has 106 valence electrons. The van der Waals surface area contributed by atoms with Gasteiger partial charge in [0.15, 0.2) is 6.29 Å². The summed E-state index contributed by atoms with van der Waals surface area (Å²) in [5.41, 5.74) is 0.953. The molecule has 0 fully saturated rings. The summed E-state index contributed by atoms with van der Waals surface area (Å²) >= 11 is 0. The molecule has 0 amide bonds. The van der Waals surface area contributed by atoms with Crippen molar-refractivity contribution < 1.29 is 29.6 Å². The van der Waals surface area contributed by atoms with Crippen molar-refractivity contribution in [1.82, 2.24) is 4.98 Å². The number of H-pyrrole nitrogens is 1. The molecule has 7 heteroatoms. The number of hydrogen-bond acceptors (Lipinski definition) is 5. The Balaban J connectivity index is 3.46. The molecule has 1 rings (SSSR count). The molecule has 19 heavy (non-hydrogen) atoms. The molecule has 1 heterocycles. The summed E-state index contributed by atoms with van der Waals surface area (Å²) in [5, 5.41) is 29.0. The average Bonchev–Trinajstić information content (AvgIpc) is 2.63. The van der Waals surface area contributed by atoms with E-state index in [2.05, 4.69) is 4.98 Å². The van der Waals surface area contributed by atoms with Crippen molar-refractivity contribution >= 4 is 12.3 Å². The number of carbonyl (C=O) groups is 2. The third-order valence-corrected chi connectivity index (χ3v) is 2.92. The number of carboxylic acid groups (broad SMARTS) is 1. The van der Waals surface area contributed by atoms with Crippen LogP contribution in [-0.4, -0.2) is 45.3 Å². The highest BCUT2D eigenvalue weighted by atomic mass is 16.6. The Kier molecular flexibility index (Phi) is 4.46. The number of aliphatic hydroxyl groups is 2. The van der Waals surface area contributed by atoms with Crippen molar-refractivity contribution in [2.24, 2.45) is 0 Å². The molecule has 7 nitrogen and oxygen atoms in total. The van der Waals surface area contributed by atoms with Crippen LogP contribution in [0, 0.1) is 13.8 Å². The molecule has 0 saturated heterocycles. The standard InChI is InChI=1S/C12H17NO6/c1-4-19-12(18,10(15)11(16)17)9-6(2)8(5-14)13-7(9)3/h5,10,13,15,18H,4H2,1-3H3,(H,16,17). The van der Waals surface area contributed by atoms with Gasteiger partial charge in [0.1, 0.15) is 0 Å². The van der Waals surface area contributed by atoms with E-state index in [1.165, 1.54) is 6.92 Å². The summed E-state index contributed by atoms with van der Waals surface area (Å²) < 4.78 is 5.05. The number of aryl methyl sites for hydroxylation is 1. The van der Waals surface area contributed by atoms with Gasteiger partial charge in [-0.25, -0.2) is 4.79 Å². The van der Waals surface area contributed by atoms with E-state index >= 15 is 0 Å². The van der Waals surface area contributed by atoms with Crippen molar-refractivity contribution in [3.8, 4) is 0 Å². The number of hydrogen-bond donors (Lipinski definition) is 4. The highest BCUT2D eigenvalue weighted by Gasteiger charge is 2.46. The quantitative estimate of drug-likeness (QED) is 0.429. The largest absolute Gasteiger partial charge is 0.479 e. The number of aromatic nitrogens is 1. The molecule has 1 aromatic rings. The molecule has 2 unspecified atom stereocenters. The zero-order valence-electron chi connectivity index (χ0n) is 10.9. The van der Waals surface area contributed by atoms with Crippen molar-refractivity contribution in [1.29, 1.82) is 0 Å². The van der Waals surface area contributed by atoms with Crippen LogP contribution >= 0.6 is 0 Å². The van der Waals surface area contributed by atoms with E-state index in [1.807, 2.05) is 0 Å². The molecule has 0 spiro atoms. The second-order valence-corrected chi connectivity index (χ2v) is 4.15. The van der Waals surface area contributed by atoms with E-state index in [1.54, 1.807) is 13.8 Å². The molecule has 1 aromatic heterocycles. The summed E-state index contributed by atoms with van der Waals surface area (Å²) in [6, 6.07) is 0. The lowest BCUT2D eigenvalue weighted by Gasteiger charge is -2.31. The summed E-state index contributed by atoms with van der Waals surface area (Å²) in [7, 11) is 0. The molecule has 2 atom stereocenters. The minimum absolute atomic E-state index is 0.0126. The second-order valence-electron chi connectivity index (χ2n) is 4.15. The van der Waals surface area contributed by atoms with Gasteiger partial charge < -0.3 is 25.0 Å². The fourth-order valence-corrected chi connectivity index (χ4v) is 2.10. The van der Waals surface area contributed by atoms with E-state index in [-0.39, 0.29) is 17.9 Å². The van der Waals surface area contributed by atoms with Gasteiger partial charge in [0.25, 0.3) is 0 Å². The molecule has 0 radical (unpaired) electrons. The average molecular weight is 271 g/mol. The number of ether oxygens (including phenoxy) is 1. The zero-order valence-corrected chi connectivity index (χ0v) is 10.9. The van der Waals surface area contributed by atoms with Gasteiger partial charge >= 0.3 is 5.97 Å². The number of aliphatic hydroxyl groups excluding tert-OH is 1. The van der Waals surface area contributed by atoms with E-state index in [4.69, 9.17) is 9.84 Å². The van der Waals surface area contributed by atoms with Crippen LogP contribution in [0.4, 0.5) is 0 Å². The normalized spacial score (nSPS) is 15.8. The summed E-state index contributed by atoms with van der Waals surface area (Å²) in [6.45, 7) is 4.62. The second kappa shape index (κ2) is 5.52. The third-order valence-electron chi connectivity index (χ3n) is 2.92. The Morgan fingerprint density at radius 2 is 2.11 bits per heavy atom. The number of carbonyl (C=O) groups excluding carboxylic acids is 1. The minimum Gasteiger partial charge on any atom is -0.479 e. The van der Waals surface area contributed by atoms with E-state index < -0.39 is 17.9 Å². The van der Waals surface area contributed by atoms with Crippen molar-refractivity contribution in [3.63, 3.8) is 0 Å². The first-order chi connectivity index (χ1) is 8.79. The first kappa shape index (κ1) is 15.4. The van der Waals surface area contributed by atoms with Crippen molar-refractivity contribution in [2.75, 3.05) is 6.61 Å². The first-order valence-corrected chi connectivity index (χ1v) is 5.71. The lowest BCUT2D eigenvalue weighted by molar-refractivity contribution is -0.264. The SMILES string of the molecule is CCOC(O)(c1c(C)[nH]c(C=O)c1C)C(O)C(=O)O. The fraction of sp³-hybridized carbons (Fsp3) is 0.500. The van der Waals surface area contributed by atoms with Gasteiger partial charge in [-0.05, 0) is 26.3 Å². The summed E-state index contributed by atoms with van der Waals surface area (Å²) in [6.07, 6.45) is -1.62. The predicted molar refractivity (Wildman–Crippen MR) is 64.8 cm³/mol. The van der Waals surface area contributed by atoms with Crippen LogP contribution in [0.15, 0.2) is 0 Å². The maximum absolute atomic E-state index is 10.9. The van der Waals surface area contributed by atoms with Crippen LogP contribution in [-0.2, 0) is 15.3 Å². The molecule has 0 aliphatic carbocycles. The molecular weight excluding hydrogens is 254 g/mol. The molecule has 0 aromatic carbocycles. The topological polar surface area (TPSA) is 120 Å². The number of aliphatic carboxylic acids is 1. The smallest absolute Gasteiger partial charge is 0.338 e. The van der Waals surface area contributed by atoms with Crippen LogP contribution in [0.25, 0.3) is 0 Å². The van der Waals surface area contributed by atoms with E-state index in [0.717, 1.165) is 0 Å². The van der Waals surface area contributed by atoms with Gasteiger partial charge in [-0.3, -0.25) is 4.79 Å². The summed E-state index contributed by atoms with van der Waals surface area (Å²) in [4.78, 5) is 24.5. The third kappa shape index (κ3) is 2.53. The fourth-order valence-electron chi connectivity index (χ4n) is 2.10. The van der Waals surface area contributed by atoms with E-state index in [0.29, 0.717) is 17.5 Å². The van der Waals surface area contributed by atoms with Gasteiger partial charge in [-0.2, -0.15) is 0 Å². The minimum atomic E-state index is -2.41. The van der Waals surface area contributed by atoms with Crippen LogP contribution < -0.4 is 0 Å². The zero-order chi connectivity index (χ0) is 14.8. The van der Waals surface area contributed by atoms with E-state index in [9.17, 15) is 19.8 Å². The highest BCUT2D eigenvalue weighted by molar-refractivity contribution is 5.78. The molecular formula is C12H17NO6. The maximum atomic E-state index is 10.9. The predicted octanol–water partition coefficient (Wildman–Crippen LogP) is 0.0711.